The van der Waals surface area contributed by atoms with Crippen molar-refractivity contribution < 1.29 is 9.52 Å². The highest BCUT2D eigenvalue weighted by molar-refractivity contribution is 6.42. The van der Waals surface area contributed by atoms with E-state index in [0.29, 0.717) is 22.9 Å². The van der Waals surface area contributed by atoms with Gasteiger partial charge in [-0.15, -0.1) is 0 Å². The lowest BCUT2D eigenvalue weighted by atomic mass is 9.72. The Morgan fingerprint density at radius 1 is 1.35 bits per heavy atom. The molecule has 23 heavy (non-hydrogen) atoms. The molecule has 0 fully saturated rings. The fourth-order valence-electron chi connectivity index (χ4n) is 2.92. The van der Waals surface area contributed by atoms with Crippen molar-refractivity contribution in [2.45, 2.75) is 31.3 Å². The summed E-state index contributed by atoms with van der Waals surface area (Å²) in [5, 5.41) is 10.6. The van der Waals surface area contributed by atoms with Gasteiger partial charge in [0.25, 0.3) is 0 Å². The van der Waals surface area contributed by atoms with E-state index in [9.17, 15) is 5.11 Å². The number of halogens is 2. The second-order valence-electron chi connectivity index (χ2n) is 5.84. The van der Waals surface area contributed by atoms with Crippen LogP contribution in [0, 0.1) is 0 Å². The first-order valence-electron chi connectivity index (χ1n) is 7.42. The van der Waals surface area contributed by atoms with Crippen LogP contribution in [0.5, 0.6) is 0 Å². The van der Waals surface area contributed by atoms with Crippen molar-refractivity contribution in [3.05, 3.63) is 76.0 Å². The molecule has 1 aliphatic rings. The molecule has 2 atom stereocenters. The van der Waals surface area contributed by atoms with Crippen molar-refractivity contribution in [1.82, 2.24) is 4.98 Å². The molecule has 0 saturated carbocycles. The number of aliphatic hydroxyl groups is 1. The summed E-state index contributed by atoms with van der Waals surface area (Å²) in [5.41, 5.74) is 1.63. The number of hydrogen-bond donors (Lipinski definition) is 1. The summed E-state index contributed by atoms with van der Waals surface area (Å²) in [6.07, 6.45) is 10.4. The van der Waals surface area contributed by atoms with Crippen LogP contribution in [-0.2, 0) is 5.41 Å². The maximum absolute atomic E-state index is 9.57. The molecule has 0 bridgehead atoms. The summed E-state index contributed by atoms with van der Waals surface area (Å²) in [7, 11) is 0. The molecule has 1 aromatic heterocycles. The normalized spacial score (nSPS) is 22.0. The van der Waals surface area contributed by atoms with Crippen LogP contribution in [-0.4, -0.2) is 16.2 Å². The molecule has 1 aromatic carbocycles. The van der Waals surface area contributed by atoms with Crippen LogP contribution in [0.25, 0.3) is 0 Å². The lowest BCUT2D eigenvalue weighted by Crippen LogP contribution is -2.26. The smallest absolute Gasteiger partial charge is 0.180 e. The molecule has 1 heterocycles. The third-order valence-corrected chi connectivity index (χ3v) is 4.85. The van der Waals surface area contributed by atoms with E-state index in [4.69, 9.17) is 27.6 Å². The Hall–Kier alpha value is -1.55. The second kappa shape index (κ2) is 6.52. The van der Waals surface area contributed by atoms with E-state index in [1.165, 1.54) is 6.39 Å². The van der Waals surface area contributed by atoms with E-state index in [1.54, 1.807) is 19.2 Å². The molecule has 2 unspecified atom stereocenters. The number of oxazole rings is 1. The Bertz CT molecular complexity index is 750. The lowest BCUT2D eigenvalue weighted by molar-refractivity contribution is 0.196. The summed E-state index contributed by atoms with van der Waals surface area (Å²) in [4.78, 5) is 4.06. The van der Waals surface area contributed by atoms with Gasteiger partial charge in [0, 0.05) is 0 Å². The number of benzene rings is 1. The van der Waals surface area contributed by atoms with Crippen molar-refractivity contribution in [2.75, 3.05) is 0 Å². The Labute approximate surface area is 145 Å². The molecule has 3 rings (SSSR count). The zero-order valence-corrected chi connectivity index (χ0v) is 14.2. The number of allylic oxidation sites excluding steroid dienone is 3. The molecule has 1 N–H and O–H groups in total. The van der Waals surface area contributed by atoms with Gasteiger partial charge in [0.15, 0.2) is 6.39 Å². The van der Waals surface area contributed by atoms with Crippen LogP contribution in [0.1, 0.15) is 31.1 Å². The molecule has 0 saturated heterocycles. The first kappa shape index (κ1) is 16.3. The Morgan fingerprint density at radius 3 is 2.74 bits per heavy atom. The molecule has 0 aliphatic heterocycles. The van der Waals surface area contributed by atoms with Crippen LogP contribution >= 0.6 is 23.2 Å². The average Bonchev–Trinajstić information content (AvgIpc) is 3.05. The van der Waals surface area contributed by atoms with E-state index < -0.39 is 5.41 Å². The van der Waals surface area contributed by atoms with Crippen LogP contribution in [0.2, 0.25) is 10.0 Å². The molecule has 0 radical (unpaired) electrons. The molecular weight excluding hydrogens is 333 g/mol. The van der Waals surface area contributed by atoms with Crippen LogP contribution in [0.3, 0.4) is 0 Å². The van der Waals surface area contributed by atoms with Crippen LogP contribution in [0.4, 0.5) is 0 Å². The maximum atomic E-state index is 9.57. The summed E-state index contributed by atoms with van der Waals surface area (Å²) in [6.45, 7) is 1.78. The number of rotatable bonds is 4. The van der Waals surface area contributed by atoms with E-state index in [-0.39, 0.29) is 6.10 Å². The molecule has 0 spiro atoms. The second-order valence-corrected chi connectivity index (χ2v) is 6.65. The van der Waals surface area contributed by atoms with Gasteiger partial charge in [0.05, 0.1) is 27.8 Å². The average molecular weight is 350 g/mol. The van der Waals surface area contributed by atoms with E-state index >= 15 is 0 Å². The van der Waals surface area contributed by atoms with E-state index in [0.717, 1.165) is 16.9 Å². The van der Waals surface area contributed by atoms with Gasteiger partial charge in [-0.1, -0.05) is 47.5 Å². The number of hydrogen-bond acceptors (Lipinski definition) is 3. The third-order valence-electron chi connectivity index (χ3n) is 4.11. The minimum atomic E-state index is -0.465. The van der Waals surface area contributed by atoms with Crippen LogP contribution in [0.15, 0.2) is 59.0 Å². The molecule has 5 heteroatoms. The molecule has 1 aliphatic carbocycles. The molecule has 120 valence electrons. The largest absolute Gasteiger partial charge is 0.447 e. The summed E-state index contributed by atoms with van der Waals surface area (Å²) in [6, 6.07) is 5.61. The molecule has 0 amide bonds. The van der Waals surface area contributed by atoms with Gasteiger partial charge >= 0.3 is 0 Å². The van der Waals surface area contributed by atoms with Crippen molar-refractivity contribution in [3.8, 4) is 0 Å². The first-order chi connectivity index (χ1) is 11.0. The highest BCUT2D eigenvalue weighted by atomic mass is 35.5. The van der Waals surface area contributed by atoms with Crippen molar-refractivity contribution in [1.29, 1.82) is 0 Å². The number of aromatic nitrogens is 1. The third kappa shape index (κ3) is 3.23. The summed E-state index contributed by atoms with van der Waals surface area (Å²) >= 11 is 12.2. The highest BCUT2D eigenvalue weighted by Gasteiger charge is 2.36. The Balaban J connectivity index is 2.03. The number of nitrogens with zero attached hydrogens (tertiary/aromatic N) is 1. The summed E-state index contributed by atoms with van der Waals surface area (Å²) < 4.78 is 5.60. The fourth-order valence-corrected chi connectivity index (χ4v) is 3.22. The van der Waals surface area contributed by atoms with Gasteiger partial charge in [-0.2, -0.15) is 0 Å². The van der Waals surface area contributed by atoms with Gasteiger partial charge in [0.1, 0.15) is 5.76 Å². The van der Waals surface area contributed by atoms with Gasteiger partial charge in [-0.3, -0.25) is 0 Å². The van der Waals surface area contributed by atoms with Gasteiger partial charge < -0.3 is 9.52 Å². The minimum absolute atomic E-state index is 0.367. The zero-order chi connectivity index (χ0) is 16.4. The lowest BCUT2D eigenvalue weighted by Gasteiger charge is -2.31. The topological polar surface area (TPSA) is 46.3 Å². The van der Waals surface area contributed by atoms with E-state index in [1.807, 2.05) is 18.2 Å². The van der Waals surface area contributed by atoms with Crippen molar-refractivity contribution in [3.63, 3.8) is 0 Å². The van der Waals surface area contributed by atoms with Gasteiger partial charge in [0.2, 0.25) is 0 Å². The fraction of sp³-hybridized carbons (Fsp3) is 0.278. The standard InChI is InChI=1S/C18H17Cl2NO2/c1-12(22)8-13-4-6-18(7-5-13,17-10-21-11-23-17)14-2-3-15(19)16(20)9-14/h2-6,9-12,22H,7-8H2,1H3. The summed E-state index contributed by atoms with van der Waals surface area (Å²) in [5.74, 6) is 0.750. The first-order valence-corrected chi connectivity index (χ1v) is 8.18. The van der Waals surface area contributed by atoms with E-state index in [2.05, 4.69) is 17.1 Å². The molecule has 3 nitrogen and oxygen atoms in total. The predicted octanol–water partition coefficient (Wildman–Crippen LogP) is 4.92. The SMILES string of the molecule is CC(O)CC1=CCC(c2ccc(Cl)c(Cl)c2)(c2cnco2)C=C1. The predicted molar refractivity (Wildman–Crippen MR) is 91.9 cm³/mol. The van der Waals surface area contributed by atoms with Gasteiger partial charge in [-0.25, -0.2) is 4.98 Å². The maximum Gasteiger partial charge on any atom is 0.180 e. The zero-order valence-electron chi connectivity index (χ0n) is 12.7. The Morgan fingerprint density at radius 2 is 2.17 bits per heavy atom. The minimum Gasteiger partial charge on any atom is -0.447 e. The highest BCUT2D eigenvalue weighted by Crippen LogP contribution is 2.42. The number of aliphatic hydroxyl groups excluding tert-OH is 1. The van der Waals surface area contributed by atoms with Crippen LogP contribution < -0.4 is 0 Å². The Kier molecular flexibility index (Phi) is 4.62. The monoisotopic (exact) mass is 349 g/mol. The quantitative estimate of drug-likeness (QED) is 0.851. The molecule has 2 aromatic rings. The van der Waals surface area contributed by atoms with Gasteiger partial charge in [-0.05, 0) is 43.0 Å². The van der Waals surface area contributed by atoms with Crippen molar-refractivity contribution >= 4 is 23.2 Å². The van der Waals surface area contributed by atoms with Crippen molar-refractivity contribution in [2.24, 2.45) is 0 Å². The molecular formula is C18H17Cl2NO2.